The summed E-state index contributed by atoms with van der Waals surface area (Å²) in [6.45, 7) is 0. The Morgan fingerprint density at radius 3 is 3.00 bits per heavy atom. The van der Waals surface area contributed by atoms with Crippen LogP contribution in [-0.4, -0.2) is 4.98 Å². The van der Waals surface area contributed by atoms with E-state index in [2.05, 4.69) is 11.1 Å². The fourth-order valence-corrected chi connectivity index (χ4v) is 1.19. The van der Waals surface area contributed by atoms with Gasteiger partial charge in [-0.1, -0.05) is 11.5 Å². The van der Waals surface area contributed by atoms with Crippen molar-refractivity contribution < 1.29 is 37.1 Å². The smallest absolute Gasteiger partial charge is 0.0670 e. The van der Waals surface area contributed by atoms with Gasteiger partial charge in [-0.05, 0) is 11.2 Å². The summed E-state index contributed by atoms with van der Waals surface area (Å²) in [5, 5.41) is 1.19. The van der Waals surface area contributed by atoms with E-state index in [0.717, 1.165) is 0 Å². The fourth-order valence-electron chi connectivity index (χ4n) is 1.03. The largest absolute Gasteiger partial charge is 0.313 e. The van der Waals surface area contributed by atoms with E-state index in [9.17, 15) is 4.39 Å². The molecular formula is C9H4ClFNY-. The second-order valence-corrected chi connectivity index (χ2v) is 2.78. The van der Waals surface area contributed by atoms with Gasteiger partial charge in [0, 0.05) is 38.9 Å². The maximum Gasteiger partial charge on any atom is 0.0670 e. The Bertz CT molecular complexity index is 433. The molecule has 13 heavy (non-hydrogen) atoms. The van der Waals surface area contributed by atoms with E-state index in [-0.39, 0.29) is 37.7 Å². The Labute approximate surface area is 105 Å². The van der Waals surface area contributed by atoms with Crippen LogP contribution in [0.25, 0.3) is 10.8 Å². The van der Waals surface area contributed by atoms with Crippen molar-refractivity contribution in [3.8, 4) is 0 Å². The van der Waals surface area contributed by atoms with Crippen molar-refractivity contribution in [3.05, 3.63) is 41.4 Å². The molecule has 0 saturated carbocycles. The monoisotopic (exact) mass is 269 g/mol. The molecule has 0 atom stereocenters. The molecule has 1 aromatic heterocycles. The van der Waals surface area contributed by atoms with Gasteiger partial charge in [-0.2, -0.15) is 0 Å². The average molecular weight is 269 g/mol. The van der Waals surface area contributed by atoms with Gasteiger partial charge in [-0.25, -0.2) is 4.39 Å². The summed E-state index contributed by atoms with van der Waals surface area (Å²) in [5.41, 5.74) is 0. The number of aromatic nitrogens is 1. The molecule has 1 nitrogen and oxygen atoms in total. The molecule has 1 radical (unpaired) electrons. The van der Waals surface area contributed by atoms with Crippen LogP contribution < -0.4 is 0 Å². The van der Waals surface area contributed by atoms with Gasteiger partial charge in [0.1, 0.15) is 0 Å². The fraction of sp³-hybridized carbons (Fsp3) is 0. The molecule has 4 heteroatoms. The second-order valence-electron chi connectivity index (χ2n) is 2.37. The van der Waals surface area contributed by atoms with Crippen LogP contribution in [0.3, 0.4) is 0 Å². The molecule has 63 valence electrons. The number of fused-ring (bicyclic) bond motifs is 1. The Kier molecular flexibility index (Phi) is 3.78. The third-order valence-corrected chi connectivity index (χ3v) is 1.90. The normalized spacial score (nSPS) is 9.69. The number of pyridine rings is 1. The number of benzene rings is 1. The van der Waals surface area contributed by atoms with Crippen LogP contribution >= 0.6 is 11.6 Å². The minimum Gasteiger partial charge on any atom is -0.313 e. The number of rotatable bonds is 0. The zero-order valence-electron chi connectivity index (χ0n) is 6.59. The first-order valence-electron chi connectivity index (χ1n) is 3.38. The zero-order valence-corrected chi connectivity index (χ0v) is 10.2. The van der Waals surface area contributed by atoms with Gasteiger partial charge in [0.25, 0.3) is 0 Å². The molecule has 1 aromatic carbocycles. The first kappa shape index (κ1) is 11.0. The first-order valence-corrected chi connectivity index (χ1v) is 3.76. The van der Waals surface area contributed by atoms with Crippen molar-refractivity contribution in [2.45, 2.75) is 0 Å². The Balaban J connectivity index is 0.000000845. The molecule has 1 heterocycles. The van der Waals surface area contributed by atoms with Crippen LogP contribution in [0.15, 0.2) is 24.5 Å². The molecule has 0 N–H and O–H groups in total. The van der Waals surface area contributed by atoms with Crippen LogP contribution in [0, 0.1) is 11.9 Å². The van der Waals surface area contributed by atoms with Crippen molar-refractivity contribution >= 4 is 22.4 Å². The minimum absolute atomic E-state index is 0. The maximum absolute atomic E-state index is 13.2. The van der Waals surface area contributed by atoms with Crippen LogP contribution in [-0.2, 0) is 32.7 Å². The van der Waals surface area contributed by atoms with E-state index >= 15 is 0 Å². The number of nitrogens with zero attached hydrogens (tertiary/aromatic N) is 1. The topological polar surface area (TPSA) is 12.9 Å². The van der Waals surface area contributed by atoms with E-state index in [0.29, 0.717) is 10.8 Å². The summed E-state index contributed by atoms with van der Waals surface area (Å²) in [7, 11) is 0. The molecule has 2 rings (SSSR count). The molecule has 0 saturated heterocycles. The average Bonchev–Trinajstić information content (AvgIpc) is 2.12. The van der Waals surface area contributed by atoms with E-state index in [1.807, 2.05) is 0 Å². The molecule has 0 unspecified atom stereocenters. The number of hydrogen-bond acceptors (Lipinski definition) is 1. The van der Waals surface area contributed by atoms with Crippen LogP contribution in [0.1, 0.15) is 0 Å². The second kappa shape index (κ2) is 4.45. The third kappa shape index (κ3) is 2.06. The van der Waals surface area contributed by atoms with Gasteiger partial charge >= 0.3 is 0 Å². The molecule has 0 aliphatic rings. The summed E-state index contributed by atoms with van der Waals surface area (Å²) in [4.78, 5) is 3.84. The molecule has 0 bridgehead atoms. The number of halogens is 2. The van der Waals surface area contributed by atoms with Gasteiger partial charge in [-0.3, -0.25) is 0 Å². The summed E-state index contributed by atoms with van der Waals surface area (Å²) < 4.78 is 13.2. The van der Waals surface area contributed by atoms with Gasteiger partial charge in [-0.15, -0.1) is 29.1 Å². The molecule has 2 aromatic rings. The molecule has 0 amide bonds. The van der Waals surface area contributed by atoms with Crippen LogP contribution in [0.2, 0.25) is 5.02 Å². The van der Waals surface area contributed by atoms with E-state index in [4.69, 9.17) is 11.6 Å². The Hall–Kier alpha value is -0.0461. The summed E-state index contributed by atoms with van der Waals surface area (Å²) in [6.07, 6.45) is 3.07. The summed E-state index contributed by atoms with van der Waals surface area (Å²) in [6, 6.07) is 5.81. The molecule has 0 fully saturated rings. The standard InChI is InChI=1S/C9H4ClFN.Y/c10-8-2-1-6-5-12-4-3-7(6)9(8)11;/h2-5H;/q-1;. The predicted molar refractivity (Wildman–Crippen MR) is 45.5 cm³/mol. The van der Waals surface area contributed by atoms with Gasteiger partial charge < -0.3 is 4.98 Å². The first-order chi connectivity index (χ1) is 5.79. The van der Waals surface area contributed by atoms with Crippen molar-refractivity contribution in [1.82, 2.24) is 4.98 Å². The third-order valence-electron chi connectivity index (χ3n) is 1.62. The van der Waals surface area contributed by atoms with Crippen LogP contribution in [0.4, 0.5) is 4.39 Å². The molecular weight excluding hydrogens is 265 g/mol. The Morgan fingerprint density at radius 2 is 2.23 bits per heavy atom. The molecule has 0 spiro atoms. The van der Waals surface area contributed by atoms with Crippen molar-refractivity contribution in [2.24, 2.45) is 0 Å². The minimum atomic E-state index is -0.409. The van der Waals surface area contributed by atoms with Gasteiger partial charge in [0.2, 0.25) is 0 Å². The Morgan fingerprint density at radius 1 is 1.46 bits per heavy atom. The van der Waals surface area contributed by atoms with E-state index in [1.165, 1.54) is 12.3 Å². The zero-order chi connectivity index (χ0) is 8.55. The van der Waals surface area contributed by atoms with E-state index in [1.54, 1.807) is 12.3 Å². The summed E-state index contributed by atoms with van der Waals surface area (Å²) >= 11 is 5.56. The van der Waals surface area contributed by atoms with Crippen molar-refractivity contribution in [3.63, 3.8) is 0 Å². The van der Waals surface area contributed by atoms with Gasteiger partial charge in [0.15, 0.2) is 0 Å². The number of hydrogen-bond donors (Lipinski definition) is 0. The summed E-state index contributed by atoms with van der Waals surface area (Å²) in [5.74, 6) is -0.409. The maximum atomic E-state index is 13.2. The molecule has 0 aliphatic heterocycles. The quantitative estimate of drug-likeness (QED) is 0.670. The van der Waals surface area contributed by atoms with Gasteiger partial charge in [0.05, 0.1) is 5.82 Å². The predicted octanol–water partition coefficient (Wildman–Crippen LogP) is 2.82. The molecule has 0 aliphatic carbocycles. The SMILES string of the molecule is Fc1c(Cl)c[c-]c2cnccc12.[Y]. The van der Waals surface area contributed by atoms with Crippen LogP contribution in [0.5, 0.6) is 0 Å². The van der Waals surface area contributed by atoms with Crippen molar-refractivity contribution in [2.75, 3.05) is 0 Å². The van der Waals surface area contributed by atoms with Crippen molar-refractivity contribution in [1.29, 1.82) is 0 Å². The van der Waals surface area contributed by atoms with E-state index < -0.39 is 5.82 Å².